The van der Waals surface area contributed by atoms with E-state index in [9.17, 15) is 19.5 Å². The first-order chi connectivity index (χ1) is 9.23. The number of phenols is 1. The lowest BCUT2D eigenvalue weighted by atomic mass is 10.1. The molecule has 1 amide bonds. The zero-order valence-electron chi connectivity index (χ0n) is 11.8. The number of phenolic OH excluding ortho intramolecular Hbond substituents is 1. The van der Waals surface area contributed by atoms with Crippen molar-refractivity contribution in [2.75, 3.05) is 4.90 Å². The third kappa shape index (κ3) is 3.57. The summed E-state index contributed by atoms with van der Waals surface area (Å²) in [5, 5.41) is 9.49. The van der Waals surface area contributed by atoms with Gasteiger partial charge in [-0.25, -0.2) is 4.79 Å². The monoisotopic (exact) mass is 279 g/mol. The van der Waals surface area contributed by atoms with Gasteiger partial charge in [0.05, 0.1) is 0 Å². The standard InChI is InChI=1S/C14H17NO5/c1-8-7-12(5-6-13(8)18)15(10(3)16)9(2)14(19)20-11(4)17/h5-7,9,18H,1-4H3/t9-/m0/s1. The average molecular weight is 279 g/mol. The molecule has 0 saturated heterocycles. The van der Waals surface area contributed by atoms with E-state index in [0.29, 0.717) is 11.3 Å². The Balaban J connectivity index is 3.11. The molecular weight excluding hydrogens is 262 g/mol. The fourth-order valence-electron chi connectivity index (χ4n) is 1.80. The number of aryl methyl sites for hydroxylation is 1. The van der Waals surface area contributed by atoms with Gasteiger partial charge >= 0.3 is 11.9 Å². The summed E-state index contributed by atoms with van der Waals surface area (Å²) in [6.07, 6.45) is 0. The Morgan fingerprint density at radius 3 is 2.30 bits per heavy atom. The number of hydrogen-bond donors (Lipinski definition) is 1. The predicted octanol–water partition coefficient (Wildman–Crippen LogP) is 1.53. The van der Waals surface area contributed by atoms with Crippen LogP contribution < -0.4 is 4.90 Å². The molecule has 0 radical (unpaired) electrons. The van der Waals surface area contributed by atoms with Crippen LogP contribution in [0.25, 0.3) is 0 Å². The molecule has 0 spiro atoms. The molecule has 20 heavy (non-hydrogen) atoms. The summed E-state index contributed by atoms with van der Waals surface area (Å²) in [5.74, 6) is -1.81. The van der Waals surface area contributed by atoms with Crippen LogP contribution in [0.2, 0.25) is 0 Å². The third-order valence-electron chi connectivity index (χ3n) is 2.77. The van der Waals surface area contributed by atoms with Gasteiger partial charge in [-0.2, -0.15) is 0 Å². The van der Waals surface area contributed by atoms with Crippen LogP contribution in [-0.4, -0.2) is 29.0 Å². The van der Waals surface area contributed by atoms with Gasteiger partial charge in [0, 0.05) is 19.5 Å². The van der Waals surface area contributed by atoms with E-state index in [1.807, 2.05) is 0 Å². The Morgan fingerprint density at radius 1 is 1.25 bits per heavy atom. The normalized spacial score (nSPS) is 11.6. The Morgan fingerprint density at radius 2 is 1.85 bits per heavy atom. The number of hydrogen-bond acceptors (Lipinski definition) is 5. The van der Waals surface area contributed by atoms with E-state index in [2.05, 4.69) is 4.74 Å². The molecule has 0 aliphatic carbocycles. The minimum absolute atomic E-state index is 0.0937. The number of amides is 1. The van der Waals surface area contributed by atoms with Crippen LogP contribution in [0.3, 0.4) is 0 Å². The minimum atomic E-state index is -0.944. The van der Waals surface area contributed by atoms with Crippen molar-refractivity contribution in [3.63, 3.8) is 0 Å². The van der Waals surface area contributed by atoms with Gasteiger partial charge in [0.1, 0.15) is 11.8 Å². The number of esters is 2. The molecule has 0 heterocycles. The van der Waals surface area contributed by atoms with E-state index in [-0.39, 0.29) is 11.7 Å². The van der Waals surface area contributed by atoms with Gasteiger partial charge in [0.2, 0.25) is 5.91 Å². The molecule has 108 valence electrons. The van der Waals surface area contributed by atoms with Crippen LogP contribution >= 0.6 is 0 Å². The molecular formula is C14H17NO5. The number of anilines is 1. The molecule has 0 aliphatic rings. The molecule has 1 aromatic carbocycles. The molecule has 0 fully saturated rings. The van der Waals surface area contributed by atoms with Crippen LogP contribution in [0, 0.1) is 6.92 Å². The van der Waals surface area contributed by atoms with Crippen molar-refractivity contribution in [3.05, 3.63) is 23.8 Å². The molecule has 0 aromatic heterocycles. The molecule has 6 nitrogen and oxygen atoms in total. The molecule has 1 aromatic rings. The van der Waals surface area contributed by atoms with Gasteiger partial charge in [-0.1, -0.05) is 0 Å². The Bertz CT molecular complexity index is 552. The summed E-state index contributed by atoms with van der Waals surface area (Å²) in [6, 6.07) is 3.58. The van der Waals surface area contributed by atoms with E-state index < -0.39 is 18.0 Å². The van der Waals surface area contributed by atoms with E-state index in [0.717, 1.165) is 6.92 Å². The van der Waals surface area contributed by atoms with Gasteiger partial charge < -0.3 is 9.84 Å². The zero-order valence-corrected chi connectivity index (χ0v) is 11.8. The smallest absolute Gasteiger partial charge is 0.336 e. The molecule has 0 saturated carbocycles. The predicted molar refractivity (Wildman–Crippen MR) is 72.2 cm³/mol. The summed E-state index contributed by atoms with van der Waals surface area (Å²) < 4.78 is 4.50. The molecule has 1 N–H and O–H groups in total. The Kier molecular flexibility index (Phi) is 4.85. The highest BCUT2D eigenvalue weighted by Gasteiger charge is 2.27. The first-order valence-corrected chi connectivity index (χ1v) is 6.05. The summed E-state index contributed by atoms with van der Waals surface area (Å²) in [6.45, 7) is 5.57. The van der Waals surface area contributed by atoms with Crippen molar-refractivity contribution in [2.45, 2.75) is 33.7 Å². The number of nitrogens with zero attached hydrogens (tertiary/aromatic N) is 1. The maximum atomic E-state index is 11.7. The summed E-state index contributed by atoms with van der Waals surface area (Å²) >= 11 is 0. The molecule has 0 unspecified atom stereocenters. The highest BCUT2D eigenvalue weighted by Crippen LogP contribution is 2.25. The van der Waals surface area contributed by atoms with Crippen LogP contribution in [-0.2, 0) is 19.1 Å². The minimum Gasteiger partial charge on any atom is -0.508 e. The van der Waals surface area contributed by atoms with Crippen molar-refractivity contribution in [1.29, 1.82) is 0 Å². The van der Waals surface area contributed by atoms with Gasteiger partial charge in [0.25, 0.3) is 0 Å². The Labute approximate surface area is 117 Å². The number of aromatic hydroxyl groups is 1. The lowest BCUT2D eigenvalue weighted by molar-refractivity contribution is -0.159. The SMILES string of the molecule is CC(=O)OC(=O)[C@H](C)N(C(C)=O)c1ccc(O)c(C)c1. The van der Waals surface area contributed by atoms with Crippen molar-refractivity contribution < 1.29 is 24.2 Å². The van der Waals surface area contributed by atoms with E-state index in [1.165, 1.54) is 30.9 Å². The third-order valence-corrected chi connectivity index (χ3v) is 2.77. The van der Waals surface area contributed by atoms with Gasteiger partial charge in [-0.15, -0.1) is 0 Å². The molecule has 0 bridgehead atoms. The molecule has 0 aliphatic heterocycles. The fraction of sp³-hybridized carbons (Fsp3) is 0.357. The van der Waals surface area contributed by atoms with Crippen molar-refractivity contribution in [1.82, 2.24) is 0 Å². The topological polar surface area (TPSA) is 83.9 Å². The first-order valence-electron chi connectivity index (χ1n) is 6.05. The van der Waals surface area contributed by atoms with E-state index >= 15 is 0 Å². The highest BCUT2D eigenvalue weighted by molar-refractivity contribution is 6.00. The van der Waals surface area contributed by atoms with E-state index in [4.69, 9.17) is 0 Å². The summed E-state index contributed by atoms with van der Waals surface area (Å²) in [7, 11) is 0. The van der Waals surface area contributed by atoms with Crippen molar-refractivity contribution >= 4 is 23.5 Å². The van der Waals surface area contributed by atoms with Crippen LogP contribution in [0.5, 0.6) is 5.75 Å². The lowest BCUT2D eigenvalue weighted by Gasteiger charge is -2.26. The van der Waals surface area contributed by atoms with Crippen molar-refractivity contribution in [2.24, 2.45) is 0 Å². The van der Waals surface area contributed by atoms with Crippen LogP contribution in [0.4, 0.5) is 5.69 Å². The largest absolute Gasteiger partial charge is 0.508 e. The maximum Gasteiger partial charge on any atom is 0.336 e. The zero-order chi connectivity index (χ0) is 15.4. The number of benzene rings is 1. The second kappa shape index (κ2) is 6.18. The highest BCUT2D eigenvalue weighted by atomic mass is 16.6. The van der Waals surface area contributed by atoms with Gasteiger partial charge in [-0.3, -0.25) is 14.5 Å². The average Bonchev–Trinajstić information content (AvgIpc) is 2.32. The Hall–Kier alpha value is -2.37. The summed E-state index contributed by atoms with van der Waals surface area (Å²) in [5.41, 5.74) is 1.02. The molecule has 6 heteroatoms. The second-order valence-corrected chi connectivity index (χ2v) is 4.45. The van der Waals surface area contributed by atoms with Gasteiger partial charge in [-0.05, 0) is 37.6 Å². The van der Waals surface area contributed by atoms with Crippen LogP contribution in [0.15, 0.2) is 18.2 Å². The van der Waals surface area contributed by atoms with Gasteiger partial charge in [0.15, 0.2) is 0 Å². The molecule has 1 rings (SSSR count). The molecule has 1 atom stereocenters. The van der Waals surface area contributed by atoms with Crippen molar-refractivity contribution in [3.8, 4) is 5.75 Å². The lowest BCUT2D eigenvalue weighted by Crippen LogP contribution is -2.43. The quantitative estimate of drug-likeness (QED) is 0.670. The number of carbonyl (C=O) groups is 3. The number of rotatable bonds is 3. The van der Waals surface area contributed by atoms with Crippen LogP contribution in [0.1, 0.15) is 26.3 Å². The first kappa shape index (κ1) is 15.7. The number of carbonyl (C=O) groups excluding carboxylic acids is 3. The number of ether oxygens (including phenoxy) is 1. The fourth-order valence-corrected chi connectivity index (χ4v) is 1.80. The van der Waals surface area contributed by atoms with E-state index in [1.54, 1.807) is 13.0 Å². The summed E-state index contributed by atoms with van der Waals surface area (Å²) in [4.78, 5) is 35.5. The second-order valence-electron chi connectivity index (χ2n) is 4.45. The maximum absolute atomic E-state index is 11.7.